The standard InChI is InChI=1S/C16H25N3O.2ClH/c1-13-4-2-3-9-19(13)12-15-7-5-14(6-8-15)11-18-16(20)10-17;;/h5-8,13H,2-4,9-12,17H2,1H3,(H,18,20);2*1H. The van der Waals surface area contributed by atoms with Crippen molar-refractivity contribution in [3.8, 4) is 0 Å². The van der Waals surface area contributed by atoms with Gasteiger partial charge in [-0.2, -0.15) is 0 Å². The lowest BCUT2D eigenvalue weighted by atomic mass is 10.0. The number of benzene rings is 1. The summed E-state index contributed by atoms with van der Waals surface area (Å²) in [4.78, 5) is 13.7. The molecule has 1 aliphatic rings. The van der Waals surface area contributed by atoms with Crippen LogP contribution in [0.5, 0.6) is 0 Å². The van der Waals surface area contributed by atoms with Gasteiger partial charge in [0, 0.05) is 19.1 Å². The van der Waals surface area contributed by atoms with Crippen LogP contribution in [0.25, 0.3) is 0 Å². The second-order valence-electron chi connectivity index (χ2n) is 5.61. The first-order valence-electron chi connectivity index (χ1n) is 7.47. The first-order valence-corrected chi connectivity index (χ1v) is 7.47. The molecule has 1 saturated heterocycles. The zero-order valence-corrected chi connectivity index (χ0v) is 14.7. The molecule has 4 nitrogen and oxygen atoms in total. The van der Waals surface area contributed by atoms with Crippen molar-refractivity contribution < 1.29 is 4.79 Å². The molecular formula is C16H27Cl2N3O. The quantitative estimate of drug-likeness (QED) is 0.860. The average Bonchev–Trinajstić information content (AvgIpc) is 2.48. The van der Waals surface area contributed by atoms with Crippen LogP contribution < -0.4 is 11.1 Å². The molecule has 2 rings (SSSR count). The normalized spacial score (nSPS) is 18.0. The summed E-state index contributed by atoms with van der Waals surface area (Å²) in [5, 5.41) is 2.78. The van der Waals surface area contributed by atoms with Crippen LogP contribution in [-0.4, -0.2) is 29.9 Å². The summed E-state index contributed by atoms with van der Waals surface area (Å²) < 4.78 is 0. The summed E-state index contributed by atoms with van der Waals surface area (Å²) >= 11 is 0. The van der Waals surface area contributed by atoms with E-state index < -0.39 is 0 Å². The molecule has 0 radical (unpaired) electrons. The van der Waals surface area contributed by atoms with Gasteiger partial charge in [-0.1, -0.05) is 30.7 Å². The van der Waals surface area contributed by atoms with Gasteiger partial charge in [0.15, 0.2) is 0 Å². The van der Waals surface area contributed by atoms with E-state index in [2.05, 4.69) is 41.4 Å². The van der Waals surface area contributed by atoms with Crippen molar-refractivity contribution in [3.63, 3.8) is 0 Å². The third-order valence-corrected chi connectivity index (χ3v) is 4.02. The largest absolute Gasteiger partial charge is 0.351 e. The topological polar surface area (TPSA) is 58.4 Å². The number of likely N-dealkylation sites (tertiary alicyclic amines) is 1. The highest BCUT2D eigenvalue weighted by molar-refractivity contribution is 5.85. The third-order valence-electron chi connectivity index (χ3n) is 4.02. The first-order chi connectivity index (χ1) is 9.69. The number of hydrogen-bond donors (Lipinski definition) is 2. The molecular weight excluding hydrogens is 321 g/mol. The zero-order chi connectivity index (χ0) is 14.4. The lowest BCUT2D eigenvalue weighted by Crippen LogP contribution is -2.36. The van der Waals surface area contributed by atoms with Crippen molar-refractivity contribution in [2.45, 2.75) is 45.3 Å². The lowest BCUT2D eigenvalue weighted by molar-refractivity contribution is -0.119. The van der Waals surface area contributed by atoms with Crippen LogP contribution in [0, 0.1) is 0 Å². The number of piperidine rings is 1. The van der Waals surface area contributed by atoms with E-state index in [1.807, 2.05) is 0 Å². The van der Waals surface area contributed by atoms with Crippen LogP contribution in [-0.2, 0) is 17.9 Å². The third kappa shape index (κ3) is 6.53. The molecule has 3 N–H and O–H groups in total. The van der Waals surface area contributed by atoms with Crippen LogP contribution >= 0.6 is 24.8 Å². The number of carbonyl (C=O) groups excluding carboxylic acids is 1. The number of carbonyl (C=O) groups is 1. The second-order valence-corrected chi connectivity index (χ2v) is 5.61. The van der Waals surface area contributed by atoms with E-state index in [1.165, 1.54) is 31.4 Å². The molecule has 1 aromatic carbocycles. The molecule has 1 aromatic rings. The second kappa shape index (κ2) is 10.8. The summed E-state index contributed by atoms with van der Waals surface area (Å²) in [6.45, 7) is 5.14. The van der Waals surface area contributed by atoms with E-state index in [1.54, 1.807) is 0 Å². The maximum atomic E-state index is 11.1. The van der Waals surface area contributed by atoms with E-state index in [4.69, 9.17) is 5.73 Å². The summed E-state index contributed by atoms with van der Waals surface area (Å²) in [7, 11) is 0. The van der Waals surface area contributed by atoms with Gasteiger partial charge in [0.1, 0.15) is 0 Å². The highest BCUT2D eigenvalue weighted by Gasteiger charge is 2.17. The summed E-state index contributed by atoms with van der Waals surface area (Å²) in [6, 6.07) is 9.17. The molecule has 1 heterocycles. The molecule has 6 heteroatoms. The summed E-state index contributed by atoms with van der Waals surface area (Å²) in [5.74, 6) is -0.115. The molecule has 0 saturated carbocycles. The Kier molecular flexibility index (Phi) is 10.4. The number of halogens is 2. The number of nitrogens with zero attached hydrogens (tertiary/aromatic N) is 1. The van der Waals surface area contributed by atoms with Gasteiger partial charge in [-0.15, -0.1) is 24.8 Å². The van der Waals surface area contributed by atoms with Crippen LogP contribution in [0.15, 0.2) is 24.3 Å². The maximum absolute atomic E-state index is 11.1. The van der Waals surface area contributed by atoms with Crippen LogP contribution in [0.3, 0.4) is 0 Å². The molecule has 0 aliphatic carbocycles. The molecule has 1 atom stereocenters. The highest BCUT2D eigenvalue weighted by atomic mass is 35.5. The molecule has 1 fully saturated rings. The highest BCUT2D eigenvalue weighted by Crippen LogP contribution is 2.19. The fourth-order valence-corrected chi connectivity index (χ4v) is 2.66. The van der Waals surface area contributed by atoms with Crippen molar-refractivity contribution in [1.82, 2.24) is 10.2 Å². The van der Waals surface area contributed by atoms with E-state index in [0.717, 1.165) is 12.1 Å². The predicted octanol–water partition coefficient (Wildman–Crippen LogP) is 2.48. The van der Waals surface area contributed by atoms with Crippen molar-refractivity contribution >= 4 is 30.7 Å². The Morgan fingerprint density at radius 3 is 2.45 bits per heavy atom. The number of hydrogen-bond acceptors (Lipinski definition) is 3. The van der Waals surface area contributed by atoms with Gasteiger partial charge < -0.3 is 11.1 Å². The van der Waals surface area contributed by atoms with E-state index >= 15 is 0 Å². The Bertz CT molecular complexity index is 440. The molecule has 1 aliphatic heterocycles. The molecule has 1 amide bonds. The summed E-state index contributed by atoms with van der Waals surface area (Å²) in [5.41, 5.74) is 7.71. The number of amides is 1. The van der Waals surface area contributed by atoms with Gasteiger partial charge in [0.05, 0.1) is 6.54 Å². The lowest BCUT2D eigenvalue weighted by Gasteiger charge is -2.33. The SMILES string of the molecule is CC1CCCCN1Cc1ccc(CNC(=O)CN)cc1.Cl.Cl. The monoisotopic (exact) mass is 347 g/mol. The zero-order valence-electron chi connectivity index (χ0n) is 13.1. The first kappa shape index (κ1) is 21.2. The predicted molar refractivity (Wildman–Crippen MR) is 95.6 cm³/mol. The minimum absolute atomic E-state index is 0. The molecule has 0 spiro atoms. The molecule has 0 aromatic heterocycles. The maximum Gasteiger partial charge on any atom is 0.234 e. The van der Waals surface area contributed by atoms with Gasteiger partial charge in [-0.25, -0.2) is 0 Å². The fourth-order valence-electron chi connectivity index (χ4n) is 2.66. The Labute approximate surface area is 145 Å². The van der Waals surface area contributed by atoms with Crippen LogP contribution in [0.4, 0.5) is 0 Å². The number of rotatable bonds is 5. The Morgan fingerprint density at radius 2 is 1.86 bits per heavy atom. The molecule has 126 valence electrons. The molecule has 0 bridgehead atoms. The minimum atomic E-state index is -0.115. The van der Waals surface area contributed by atoms with E-state index in [-0.39, 0.29) is 37.3 Å². The number of nitrogens with two attached hydrogens (primary N) is 1. The van der Waals surface area contributed by atoms with E-state index in [9.17, 15) is 4.79 Å². The summed E-state index contributed by atoms with van der Waals surface area (Å²) in [6.07, 6.45) is 3.98. The Morgan fingerprint density at radius 1 is 1.23 bits per heavy atom. The van der Waals surface area contributed by atoms with Gasteiger partial charge >= 0.3 is 0 Å². The average molecular weight is 348 g/mol. The fraction of sp³-hybridized carbons (Fsp3) is 0.562. The molecule has 1 unspecified atom stereocenters. The van der Waals surface area contributed by atoms with Crippen molar-refractivity contribution in [2.24, 2.45) is 5.73 Å². The van der Waals surface area contributed by atoms with Gasteiger partial charge in [-0.3, -0.25) is 9.69 Å². The minimum Gasteiger partial charge on any atom is -0.351 e. The van der Waals surface area contributed by atoms with Gasteiger partial charge in [0.2, 0.25) is 5.91 Å². The van der Waals surface area contributed by atoms with Crippen LogP contribution in [0.2, 0.25) is 0 Å². The smallest absolute Gasteiger partial charge is 0.234 e. The number of nitrogens with one attached hydrogen (secondary N) is 1. The van der Waals surface area contributed by atoms with Crippen molar-refractivity contribution in [2.75, 3.05) is 13.1 Å². The Balaban J connectivity index is 0.00000220. The van der Waals surface area contributed by atoms with Crippen LogP contribution in [0.1, 0.15) is 37.3 Å². The van der Waals surface area contributed by atoms with Crippen molar-refractivity contribution in [1.29, 1.82) is 0 Å². The van der Waals surface area contributed by atoms with Gasteiger partial charge in [-0.05, 0) is 37.4 Å². The van der Waals surface area contributed by atoms with Crippen molar-refractivity contribution in [3.05, 3.63) is 35.4 Å². The van der Waals surface area contributed by atoms with E-state index in [0.29, 0.717) is 12.6 Å². The molecule has 22 heavy (non-hydrogen) atoms. The Hall–Kier alpha value is -0.810. The van der Waals surface area contributed by atoms with Gasteiger partial charge in [0.25, 0.3) is 0 Å².